The standard InChI is InChI=1S/C18H15N3O4/c1-18(15-8-5-9-24-15)16(22)21(17(23)19-18)11-13-10-14(20-25-13)12-6-3-2-4-7-12/h2-10H,11H2,1H3,(H,19,23)/t18-/m1/s1. The number of furan rings is 1. The zero-order chi connectivity index (χ0) is 17.4. The van der Waals surface area contributed by atoms with Gasteiger partial charge in [-0.2, -0.15) is 0 Å². The highest BCUT2D eigenvalue weighted by Crippen LogP contribution is 2.30. The van der Waals surface area contributed by atoms with Gasteiger partial charge in [-0.25, -0.2) is 4.79 Å². The molecule has 7 nitrogen and oxygen atoms in total. The SMILES string of the molecule is C[C@]1(c2ccco2)NC(=O)N(Cc2cc(-c3ccccc3)no2)C1=O. The third kappa shape index (κ3) is 2.50. The van der Waals surface area contributed by atoms with Gasteiger partial charge >= 0.3 is 6.03 Å². The molecule has 0 unspecified atom stereocenters. The van der Waals surface area contributed by atoms with Crippen molar-refractivity contribution >= 4 is 11.9 Å². The van der Waals surface area contributed by atoms with Crippen LogP contribution in [0.15, 0.2) is 63.7 Å². The summed E-state index contributed by atoms with van der Waals surface area (Å²) < 4.78 is 10.6. The smallest absolute Gasteiger partial charge is 0.325 e. The van der Waals surface area contributed by atoms with E-state index in [0.717, 1.165) is 10.5 Å². The first kappa shape index (κ1) is 15.2. The van der Waals surface area contributed by atoms with Gasteiger partial charge in [0.1, 0.15) is 11.5 Å². The molecular weight excluding hydrogens is 322 g/mol. The van der Waals surface area contributed by atoms with Crippen LogP contribution in [0.1, 0.15) is 18.4 Å². The Bertz CT molecular complexity index is 917. The lowest BCUT2D eigenvalue weighted by Gasteiger charge is -2.18. The quantitative estimate of drug-likeness (QED) is 0.740. The van der Waals surface area contributed by atoms with Crippen LogP contribution in [0.3, 0.4) is 0 Å². The summed E-state index contributed by atoms with van der Waals surface area (Å²) in [4.78, 5) is 26.1. The van der Waals surface area contributed by atoms with Gasteiger partial charge in [0.25, 0.3) is 5.91 Å². The summed E-state index contributed by atoms with van der Waals surface area (Å²) in [5.74, 6) is 0.409. The second-order valence-corrected chi connectivity index (χ2v) is 5.97. The van der Waals surface area contributed by atoms with E-state index in [0.29, 0.717) is 17.2 Å². The Kier molecular flexibility index (Phi) is 3.42. The van der Waals surface area contributed by atoms with Gasteiger partial charge in [0, 0.05) is 11.6 Å². The molecule has 0 aliphatic carbocycles. The average Bonchev–Trinajstić information content (AvgIpc) is 3.34. The van der Waals surface area contributed by atoms with Crippen molar-refractivity contribution in [2.75, 3.05) is 0 Å². The molecule has 3 aromatic rings. The van der Waals surface area contributed by atoms with Crippen molar-refractivity contribution in [1.82, 2.24) is 15.4 Å². The van der Waals surface area contributed by atoms with Gasteiger partial charge < -0.3 is 14.3 Å². The van der Waals surface area contributed by atoms with Crippen molar-refractivity contribution in [3.05, 3.63) is 66.3 Å². The zero-order valence-electron chi connectivity index (χ0n) is 13.4. The van der Waals surface area contributed by atoms with Gasteiger partial charge in [-0.05, 0) is 19.1 Å². The highest BCUT2D eigenvalue weighted by atomic mass is 16.5. The first-order valence-corrected chi connectivity index (χ1v) is 7.77. The number of hydrogen-bond acceptors (Lipinski definition) is 5. The van der Waals surface area contributed by atoms with Crippen molar-refractivity contribution in [1.29, 1.82) is 0 Å². The second-order valence-electron chi connectivity index (χ2n) is 5.97. The third-order valence-electron chi connectivity index (χ3n) is 4.23. The lowest BCUT2D eigenvalue weighted by atomic mass is 9.99. The van der Waals surface area contributed by atoms with Crippen molar-refractivity contribution in [2.24, 2.45) is 0 Å². The van der Waals surface area contributed by atoms with Gasteiger partial charge in [0.05, 0.1) is 12.8 Å². The van der Waals surface area contributed by atoms with Crippen LogP contribution in [0.2, 0.25) is 0 Å². The van der Waals surface area contributed by atoms with Crippen LogP contribution in [0.25, 0.3) is 11.3 Å². The summed E-state index contributed by atoms with van der Waals surface area (Å²) in [5.41, 5.74) is 0.328. The molecule has 1 aliphatic heterocycles. The van der Waals surface area contributed by atoms with Crippen LogP contribution in [0.4, 0.5) is 4.79 Å². The molecule has 7 heteroatoms. The van der Waals surface area contributed by atoms with E-state index < -0.39 is 17.5 Å². The fourth-order valence-electron chi connectivity index (χ4n) is 2.86. The van der Waals surface area contributed by atoms with Gasteiger partial charge in [0.2, 0.25) is 0 Å². The molecule has 126 valence electrons. The van der Waals surface area contributed by atoms with Crippen molar-refractivity contribution < 1.29 is 18.5 Å². The number of nitrogens with zero attached hydrogens (tertiary/aromatic N) is 2. The molecule has 1 saturated heterocycles. The minimum absolute atomic E-state index is 0.000792. The van der Waals surface area contributed by atoms with Crippen LogP contribution in [0, 0.1) is 0 Å². The molecular formula is C18H15N3O4. The monoisotopic (exact) mass is 337 g/mol. The largest absolute Gasteiger partial charge is 0.466 e. The zero-order valence-corrected chi connectivity index (χ0v) is 13.4. The number of rotatable bonds is 4. The maximum atomic E-state index is 12.7. The molecule has 3 amide bonds. The average molecular weight is 337 g/mol. The summed E-state index contributed by atoms with van der Waals surface area (Å²) in [5, 5.41) is 6.67. The first-order valence-electron chi connectivity index (χ1n) is 7.77. The lowest BCUT2D eigenvalue weighted by Crippen LogP contribution is -2.40. The van der Waals surface area contributed by atoms with Crippen LogP contribution in [0.5, 0.6) is 0 Å². The molecule has 1 aliphatic rings. The van der Waals surface area contributed by atoms with Gasteiger partial charge in [-0.1, -0.05) is 35.5 Å². The van der Waals surface area contributed by atoms with E-state index in [2.05, 4.69) is 10.5 Å². The van der Waals surface area contributed by atoms with Crippen molar-refractivity contribution in [3.8, 4) is 11.3 Å². The number of benzene rings is 1. The van der Waals surface area contributed by atoms with E-state index in [-0.39, 0.29) is 6.54 Å². The van der Waals surface area contributed by atoms with E-state index >= 15 is 0 Å². The predicted molar refractivity (Wildman–Crippen MR) is 87.1 cm³/mol. The van der Waals surface area contributed by atoms with E-state index in [4.69, 9.17) is 8.94 Å². The number of imide groups is 1. The summed E-state index contributed by atoms with van der Waals surface area (Å²) >= 11 is 0. The topological polar surface area (TPSA) is 88.6 Å². The molecule has 2 aromatic heterocycles. The van der Waals surface area contributed by atoms with Gasteiger partial charge in [0.15, 0.2) is 11.3 Å². The highest BCUT2D eigenvalue weighted by molar-refractivity contribution is 6.06. The normalized spacial score (nSPS) is 20.1. The van der Waals surface area contributed by atoms with E-state index in [9.17, 15) is 9.59 Å². The summed E-state index contributed by atoms with van der Waals surface area (Å²) in [6.45, 7) is 1.61. The maximum Gasteiger partial charge on any atom is 0.325 e. The minimum Gasteiger partial charge on any atom is -0.466 e. The molecule has 1 aromatic carbocycles. The number of carbonyl (C=O) groups excluding carboxylic acids is 2. The Balaban J connectivity index is 1.56. The summed E-state index contributed by atoms with van der Waals surface area (Å²) in [6.07, 6.45) is 1.46. The van der Waals surface area contributed by atoms with Gasteiger partial charge in [-0.3, -0.25) is 9.69 Å². The lowest BCUT2D eigenvalue weighted by molar-refractivity contribution is -0.132. The van der Waals surface area contributed by atoms with Gasteiger partial charge in [-0.15, -0.1) is 0 Å². The fourth-order valence-corrected chi connectivity index (χ4v) is 2.86. The molecule has 1 N–H and O–H groups in total. The van der Waals surface area contributed by atoms with E-state index in [1.807, 2.05) is 30.3 Å². The summed E-state index contributed by atoms with van der Waals surface area (Å²) in [6, 6.07) is 14.1. The van der Waals surface area contributed by atoms with Crippen LogP contribution in [-0.4, -0.2) is 22.0 Å². The minimum atomic E-state index is -1.22. The highest BCUT2D eigenvalue weighted by Gasteiger charge is 2.51. The fraction of sp³-hybridized carbons (Fsp3) is 0.167. The Labute approximate surface area is 143 Å². The molecule has 0 saturated carbocycles. The molecule has 0 spiro atoms. The van der Waals surface area contributed by atoms with Crippen LogP contribution < -0.4 is 5.32 Å². The number of nitrogens with one attached hydrogen (secondary N) is 1. The van der Waals surface area contributed by atoms with E-state index in [1.54, 1.807) is 25.1 Å². The Hall–Kier alpha value is -3.35. The molecule has 4 rings (SSSR count). The number of amides is 3. The van der Waals surface area contributed by atoms with Crippen molar-refractivity contribution in [2.45, 2.75) is 19.0 Å². The molecule has 1 fully saturated rings. The predicted octanol–water partition coefficient (Wildman–Crippen LogP) is 2.90. The number of hydrogen-bond donors (Lipinski definition) is 1. The Morgan fingerprint density at radius 3 is 2.68 bits per heavy atom. The maximum absolute atomic E-state index is 12.7. The number of aromatic nitrogens is 1. The van der Waals surface area contributed by atoms with Crippen LogP contribution >= 0.6 is 0 Å². The van der Waals surface area contributed by atoms with E-state index in [1.165, 1.54) is 6.26 Å². The molecule has 0 bridgehead atoms. The Morgan fingerprint density at radius 1 is 1.16 bits per heavy atom. The molecule has 1 atom stereocenters. The third-order valence-corrected chi connectivity index (χ3v) is 4.23. The van der Waals surface area contributed by atoms with Crippen molar-refractivity contribution in [3.63, 3.8) is 0 Å². The number of urea groups is 1. The van der Waals surface area contributed by atoms with Crippen LogP contribution in [-0.2, 0) is 16.9 Å². The summed E-state index contributed by atoms with van der Waals surface area (Å²) in [7, 11) is 0. The molecule has 3 heterocycles. The first-order chi connectivity index (χ1) is 12.1. The Morgan fingerprint density at radius 2 is 1.96 bits per heavy atom. The molecule has 25 heavy (non-hydrogen) atoms. The number of carbonyl (C=O) groups is 2. The molecule has 0 radical (unpaired) electrons. The second kappa shape index (κ2) is 5.62.